The zero-order valence-corrected chi connectivity index (χ0v) is 8.82. The highest BCUT2D eigenvalue weighted by Crippen LogP contribution is 2.31. The second kappa shape index (κ2) is 5.58. The molecule has 1 atom stereocenters. The molecule has 0 saturated carbocycles. The van der Waals surface area contributed by atoms with Crippen LogP contribution in [0.25, 0.3) is 0 Å². The van der Waals surface area contributed by atoms with Crippen LogP contribution in [-0.4, -0.2) is 34.6 Å². The maximum atomic E-state index is 9.70. The summed E-state index contributed by atoms with van der Waals surface area (Å²) in [6.45, 7) is 5.57. The average molecular weight is 190 g/mol. The van der Waals surface area contributed by atoms with Crippen molar-refractivity contribution in [3.05, 3.63) is 0 Å². The van der Waals surface area contributed by atoms with E-state index < -0.39 is 11.5 Å². The molecule has 0 aliphatic carbocycles. The molecule has 0 aromatic heterocycles. The van der Waals surface area contributed by atoms with Crippen molar-refractivity contribution in [3.8, 4) is 0 Å². The van der Waals surface area contributed by atoms with E-state index >= 15 is 0 Å². The summed E-state index contributed by atoms with van der Waals surface area (Å²) >= 11 is 0. The molecule has 80 valence electrons. The summed E-state index contributed by atoms with van der Waals surface area (Å²) in [4.78, 5) is 0. The Balaban J connectivity index is 4.48. The zero-order valence-electron chi connectivity index (χ0n) is 8.82. The highest BCUT2D eigenvalue weighted by atomic mass is 16.3. The van der Waals surface area contributed by atoms with Crippen LogP contribution in [0.1, 0.15) is 33.6 Å². The molecule has 3 N–H and O–H groups in total. The van der Waals surface area contributed by atoms with Crippen molar-refractivity contribution in [3.63, 3.8) is 0 Å². The van der Waals surface area contributed by atoms with Gasteiger partial charge in [-0.1, -0.05) is 20.8 Å². The molecular weight excluding hydrogens is 168 g/mol. The maximum absolute atomic E-state index is 9.70. The van der Waals surface area contributed by atoms with Gasteiger partial charge in [0.25, 0.3) is 0 Å². The predicted octanol–water partition coefficient (Wildman–Crippen LogP) is 0.774. The Labute approximate surface area is 80.4 Å². The van der Waals surface area contributed by atoms with Gasteiger partial charge in [-0.25, -0.2) is 0 Å². The summed E-state index contributed by atoms with van der Waals surface area (Å²) in [5, 5.41) is 28.1. The first-order valence-electron chi connectivity index (χ1n) is 4.92. The van der Waals surface area contributed by atoms with Crippen LogP contribution >= 0.6 is 0 Å². The van der Waals surface area contributed by atoms with Gasteiger partial charge in [-0.15, -0.1) is 0 Å². The number of hydrogen-bond donors (Lipinski definition) is 3. The molecule has 0 saturated heterocycles. The van der Waals surface area contributed by atoms with Gasteiger partial charge in [0.1, 0.15) is 0 Å². The van der Waals surface area contributed by atoms with E-state index in [2.05, 4.69) is 0 Å². The lowest BCUT2D eigenvalue weighted by Crippen LogP contribution is -2.42. The first-order valence-corrected chi connectivity index (χ1v) is 4.92. The van der Waals surface area contributed by atoms with Crippen LogP contribution in [0.2, 0.25) is 0 Å². The van der Waals surface area contributed by atoms with E-state index in [4.69, 9.17) is 0 Å². The van der Waals surface area contributed by atoms with Crippen LogP contribution in [0.15, 0.2) is 0 Å². The number of aliphatic hydroxyl groups is 3. The minimum Gasteiger partial charge on any atom is -0.396 e. The van der Waals surface area contributed by atoms with Crippen molar-refractivity contribution in [2.24, 2.45) is 11.3 Å². The summed E-state index contributed by atoms with van der Waals surface area (Å²) in [6.07, 6.45) is 0.591. The van der Waals surface area contributed by atoms with Crippen molar-refractivity contribution in [2.75, 3.05) is 13.2 Å². The molecule has 0 aliphatic heterocycles. The zero-order chi connectivity index (χ0) is 10.5. The Morgan fingerprint density at radius 1 is 1.15 bits per heavy atom. The van der Waals surface area contributed by atoms with Crippen LogP contribution < -0.4 is 0 Å². The highest BCUT2D eigenvalue weighted by molar-refractivity contribution is 4.85. The minimum atomic E-state index is -0.719. The second-order valence-corrected chi connectivity index (χ2v) is 4.20. The van der Waals surface area contributed by atoms with E-state index in [1.807, 2.05) is 20.8 Å². The van der Waals surface area contributed by atoms with Gasteiger partial charge in [0.2, 0.25) is 0 Å². The van der Waals surface area contributed by atoms with Crippen molar-refractivity contribution >= 4 is 0 Å². The van der Waals surface area contributed by atoms with Gasteiger partial charge in [-0.3, -0.25) is 0 Å². The topological polar surface area (TPSA) is 60.7 Å². The molecule has 0 amide bonds. The summed E-state index contributed by atoms with van der Waals surface area (Å²) < 4.78 is 0. The summed E-state index contributed by atoms with van der Waals surface area (Å²) in [6, 6.07) is 0. The van der Waals surface area contributed by atoms with Gasteiger partial charge in [-0.05, 0) is 18.8 Å². The fraction of sp³-hybridized carbons (Fsp3) is 1.00. The standard InChI is InChI=1S/C10H22O3/c1-4-9(13)10(6-11,7-12)5-8(2)3/h8-9,11-13H,4-7H2,1-3H3. The maximum Gasteiger partial charge on any atom is 0.0638 e. The summed E-state index contributed by atoms with van der Waals surface area (Å²) in [7, 11) is 0. The first-order chi connectivity index (χ1) is 6.02. The first kappa shape index (κ1) is 12.9. The molecule has 3 heteroatoms. The molecule has 0 heterocycles. The predicted molar refractivity (Wildman–Crippen MR) is 52.4 cm³/mol. The summed E-state index contributed by atoms with van der Waals surface area (Å²) in [5.41, 5.74) is -0.719. The summed E-state index contributed by atoms with van der Waals surface area (Å²) in [5.74, 6) is 0.362. The van der Waals surface area contributed by atoms with Crippen LogP contribution in [0.5, 0.6) is 0 Å². The van der Waals surface area contributed by atoms with Gasteiger partial charge >= 0.3 is 0 Å². The third-order valence-corrected chi connectivity index (χ3v) is 2.54. The average Bonchev–Trinajstić information content (AvgIpc) is 2.12. The van der Waals surface area contributed by atoms with E-state index in [0.29, 0.717) is 18.8 Å². The van der Waals surface area contributed by atoms with E-state index in [1.54, 1.807) is 0 Å². The molecule has 3 nitrogen and oxygen atoms in total. The van der Waals surface area contributed by atoms with Gasteiger partial charge in [-0.2, -0.15) is 0 Å². The molecule has 0 bridgehead atoms. The molecule has 1 unspecified atom stereocenters. The van der Waals surface area contributed by atoms with E-state index in [-0.39, 0.29) is 13.2 Å². The lowest BCUT2D eigenvalue weighted by molar-refractivity contribution is -0.0664. The van der Waals surface area contributed by atoms with Crippen LogP contribution in [0.4, 0.5) is 0 Å². The normalized spacial score (nSPS) is 15.0. The Bertz CT molecular complexity index is 130. The fourth-order valence-corrected chi connectivity index (χ4v) is 1.77. The van der Waals surface area contributed by atoms with Crippen molar-refractivity contribution in [1.29, 1.82) is 0 Å². The van der Waals surface area contributed by atoms with Crippen molar-refractivity contribution in [2.45, 2.75) is 39.7 Å². The molecule has 0 rings (SSSR count). The Kier molecular flexibility index (Phi) is 5.53. The number of rotatable bonds is 6. The van der Waals surface area contributed by atoms with Crippen molar-refractivity contribution < 1.29 is 15.3 Å². The fourth-order valence-electron chi connectivity index (χ4n) is 1.77. The van der Waals surface area contributed by atoms with Gasteiger partial charge in [0, 0.05) is 5.41 Å². The highest BCUT2D eigenvalue weighted by Gasteiger charge is 2.36. The van der Waals surface area contributed by atoms with Crippen LogP contribution in [0.3, 0.4) is 0 Å². The molecule has 0 spiro atoms. The van der Waals surface area contributed by atoms with Gasteiger partial charge in [0.15, 0.2) is 0 Å². The molecular formula is C10H22O3. The smallest absolute Gasteiger partial charge is 0.0638 e. The third kappa shape index (κ3) is 3.25. The quantitative estimate of drug-likeness (QED) is 0.580. The Morgan fingerprint density at radius 2 is 1.62 bits per heavy atom. The van der Waals surface area contributed by atoms with E-state index in [1.165, 1.54) is 0 Å². The van der Waals surface area contributed by atoms with Crippen molar-refractivity contribution in [1.82, 2.24) is 0 Å². The SMILES string of the molecule is CCC(O)C(CO)(CO)CC(C)C. The second-order valence-electron chi connectivity index (χ2n) is 4.20. The molecule has 13 heavy (non-hydrogen) atoms. The molecule has 0 aromatic carbocycles. The molecule has 0 radical (unpaired) electrons. The Hall–Kier alpha value is -0.120. The van der Waals surface area contributed by atoms with Gasteiger partial charge in [0.05, 0.1) is 19.3 Å². The minimum absolute atomic E-state index is 0.156. The Morgan fingerprint density at radius 3 is 1.85 bits per heavy atom. The lowest BCUT2D eigenvalue weighted by Gasteiger charge is -2.35. The monoisotopic (exact) mass is 190 g/mol. The van der Waals surface area contributed by atoms with Crippen LogP contribution in [-0.2, 0) is 0 Å². The van der Waals surface area contributed by atoms with Crippen LogP contribution in [0, 0.1) is 11.3 Å². The largest absolute Gasteiger partial charge is 0.396 e. The van der Waals surface area contributed by atoms with Gasteiger partial charge < -0.3 is 15.3 Å². The molecule has 0 fully saturated rings. The molecule has 0 aliphatic rings. The lowest BCUT2D eigenvalue weighted by atomic mass is 9.76. The third-order valence-electron chi connectivity index (χ3n) is 2.54. The number of hydrogen-bond acceptors (Lipinski definition) is 3. The molecule has 0 aromatic rings. The number of aliphatic hydroxyl groups excluding tert-OH is 3. The van der Waals surface area contributed by atoms with E-state index in [9.17, 15) is 15.3 Å². The van der Waals surface area contributed by atoms with E-state index in [0.717, 1.165) is 0 Å².